The molecule has 0 bridgehead atoms. The van der Waals surface area contributed by atoms with Crippen LogP contribution < -0.4 is 0 Å². The number of tetrazole rings is 1. The normalized spacial score (nSPS) is 13.4. The molecule has 0 saturated carbocycles. The van der Waals surface area contributed by atoms with Crippen molar-refractivity contribution in [2.75, 3.05) is 0 Å². The maximum atomic E-state index is 12.4. The number of aromatic nitrogens is 6. The molecular weight excluding hydrogens is 495 g/mol. The molecular formula is C27H20Cl2N6O. The first-order valence-electron chi connectivity index (χ1n) is 11.2. The van der Waals surface area contributed by atoms with Crippen molar-refractivity contribution in [3.63, 3.8) is 0 Å². The van der Waals surface area contributed by atoms with Gasteiger partial charge in [0, 0.05) is 28.0 Å². The largest absolute Gasteiger partial charge is 0.374 e. The second-order valence-corrected chi connectivity index (χ2v) is 9.64. The molecule has 0 radical (unpaired) electrons. The molecule has 0 aliphatic rings. The van der Waals surface area contributed by atoms with Crippen molar-refractivity contribution in [3.8, 4) is 11.1 Å². The first kappa shape index (κ1) is 22.7. The molecule has 178 valence electrons. The van der Waals surface area contributed by atoms with Gasteiger partial charge in [0.25, 0.3) is 0 Å². The summed E-state index contributed by atoms with van der Waals surface area (Å²) in [6.07, 6.45) is 3.34. The van der Waals surface area contributed by atoms with Gasteiger partial charge >= 0.3 is 0 Å². The number of pyridine rings is 1. The van der Waals surface area contributed by atoms with Crippen LogP contribution in [0.5, 0.6) is 0 Å². The molecule has 9 heteroatoms. The Bertz CT molecular complexity index is 1760. The molecule has 6 aromatic rings. The van der Waals surface area contributed by atoms with E-state index < -0.39 is 5.60 Å². The SMILES string of the molecule is Cc1c(-c2cccc(Cl)c2)c2cc(C(O)(c3ccc(Cl)cc3)c3cncn3C)ccc2n2nnnc12. The van der Waals surface area contributed by atoms with Crippen LogP contribution in [-0.4, -0.2) is 34.7 Å². The van der Waals surface area contributed by atoms with E-state index in [0.717, 1.165) is 27.6 Å². The van der Waals surface area contributed by atoms with E-state index in [2.05, 4.69) is 20.5 Å². The number of imidazole rings is 1. The van der Waals surface area contributed by atoms with Crippen LogP contribution in [0.1, 0.15) is 22.4 Å². The van der Waals surface area contributed by atoms with Crippen LogP contribution in [0.3, 0.4) is 0 Å². The van der Waals surface area contributed by atoms with Gasteiger partial charge in [0.2, 0.25) is 0 Å². The Morgan fingerprint density at radius 3 is 2.42 bits per heavy atom. The number of aryl methyl sites for hydroxylation is 2. The molecule has 0 spiro atoms. The lowest BCUT2D eigenvalue weighted by molar-refractivity contribution is 0.117. The van der Waals surface area contributed by atoms with Crippen molar-refractivity contribution in [1.29, 1.82) is 0 Å². The Morgan fingerprint density at radius 2 is 1.69 bits per heavy atom. The first-order valence-corrected chi connectivity index (χ1v) is 12.0. The number of aliphatic hydroxyl groups is 1. The van der Waals surface area contributed by atoms with Crippen LogP contribution >= 0.6 is 23.2 Å². The van der Waals surface area contributed by atoms with E-state index in [9.17, 15) is 5.11 Å². The van der Waals surface area contributed by atoms with E-state index >= 15 is 0 Å². The summed E-state index contributed by atoms with van der Waals surface area (Å²) in [5, 5.41) is 26.9. The molecule has 3 aromatic heterocycles. The molecule has 1 unspecified atom stereocenters. The summed E-state index contributed by atoms with van der Waals surface area (Å²) in [5.41, 5.74) is 4.70. The van der Waals surface area contributed by atoms with Crippen LogP contribution in [0.25, 0.3) is 27.7 Å². The van der Waals surface area contributed by atoms with Crippen molar-refractivity contribution in [3.05, 3.63) is 112 Å². The number of halogens is 2. The second-order valence-electron chi connectivity index (χ2n) is 8.76. The van der Waals surface area contributed by atoms with Crippen LogP contribution in [0, 0.1) is 6.92 Å². The van der Waals surface area contributed by atoms with Gasteiger partial charge in [-0.25, -0.2) is 4.98 Å². The van der Waals surface area contributed by atoms with Gasteiger partial charge in [0.15, 0.2) is 11.2 Å². The average Bonchev–Trinajstić information content (AvgIpc) is 3.54. The first-order chi connectivity index (χ1) is 17.4. The number of nitrogens with zero attached hydrogens (tertiary/aromatic N) is 6. The second kappa shape index (κ2) is 8.41. The van der Waals surface area contributed by atoms with Gasteiger partial charge in [-0.15, -0.1) is 5.10 Å². The van der Waals surface area contributed by atoms with E-state index in [1.165, 1.54) is 0 Å². The highest BCUT2D eigenvalue weighted by atomic mass is 35.5. The van der Waals surface area contributed by atoms with E-state index in [0.29, 0.717) is 32.5 Å². The molecule has 0 saturated heterocycles. The zero-order valence-electron chi connectivity index (χ0n) is 19.4. The zero-order valence-corrected chi connectivity index (χ0v) is 20.9. The molecule has 0 aliphatic heterocycles. The maximum Gasteiger partial charge on any atom is 0.183 e. The monoisotopic (exact) mass is 514 g/mol. The van der Waals surface area contributed by atoms with Gasteiger partial charge in [-0.3, -0.25) is 0 Å². The minimum Gasteiger partial charge on any atom is -0.374 e. The Labute approximate surface area is 216 Å². The van der Waals surface area contributed by atoms with Crippen molar-refractivity contribution in [1.82, 2.24) is 29.6 Å². The molecule has 36 heavy (non-hydrogen) atoms. The molecule has 3 heterocycles. The summed E-state index contributed by atoms with van der Waals surface area (Å²) < 4.78 is 3.53. The van der Waals surface area contributed by atoms with Crippen molar-refractivity contribution < 1.29 is 5.11 Å². The molecule has 1 atom stereocenters. The number of rotatable bonds is 4. The third-order valence-corrected chi connectivity index (χ3v) is 7.14. The highest BCUT2D eigenvalue weighted by molar-refractivity contribution is 6.31. The van der Waals surface area contributed by atoms with Gasteiger partial charge in [0.05, 0.1) is 23.7 Å². The molecule has 0 fully saturated rings. The topological polar surface area (TPSA) is 81.1 Å². The Kier molecular flexibility index (Phi) is 5.30. The molecule has 3 aromatic carbocycles. The highest BCUT2D eigenvalue weighted by Crippen LogP contribution is 2.41. The third-order valence-electron chi connectivity index (χ3n) is 6.65. The number of benzene rings is 3. The van der Waals surface area contributed by atoms with Gasteiger partial charge in [-0.1, -0.05) is 53.5 Å². The summed E-state index contributed by atoms with van der Waals surface area (Å²) in [7, 11) is 1.86. The smallest absolute Gasteiger partial charge is 0.183 e. The van der Waals surface area contributed by atoms with Gasteiger partial charge in [0.1, 0.15) is 0 Å². The fourth-order valence-corrected chi connectivity index (χ4v) is 5.23. The van der Waals surface area contributed by atoms with Crippen molar-refractivity contribution >= 4 is 39.8 Å². The maximum absolute atomic E-state index is 12.4. The molecule has 0 amide bonds. The Hall–Kier alpha value is -3.78. The molecule has 0 aliphatic carbocycles. The van der Waals surface area contributed by atoms with Crippen LogP contribution in [-0.2, 0) is 12.6 Å². The van der Waals surface area contributed by atoms with Crippen molar-refractivity contribution in [2.24, 2.45) is 7.05 Å². The summed E-state index contributed by atoms with van der Waals surface area (Å²) in [5.74, 6) is 0. The summed E-state index contributed by atoms with van der Waals surface area (Å²) >= 11 is 12.5. The van der Waals surface area contributed by atoms with E-state index in [4.69, 9.17) is 23.2 Å². The lowest BCUT2D eigenvalue weighted by atomic mass is 9.82. The fourth-order valence-electron chi connectivity index (χ4n) is 4.92. The van der Waals surface area contributed by atoms with E-state index in [1.807, 2.05) is 73.1 Å². The predicted octanol–water partition coefficient (Wildman–Crippen LogP) is 5.58. The van der Waals surface area contributed by atoms with Gasteiger partial charge in [-0.2, -0.15) is 4.52 Å². The van der Waals surface area contributed by atoms with Crippen LogP contribution in [0.15, 0.2) is 79.3 Å². The van der Waals surface area contributed by atoms with E-state index in [1.54, 1.807) is 29.2 Å². The summed E-state index contributed by atoms with van der Waals surface area (Å²) in [6.45, 7) is 1.99. The number of hydrogen-bond acceptors (Lipinski definition) is 5. The van der Waals surface area contributed by atoms with Crippen LogP contribution in [0.4, 0.5) is 0 Å². The zero-order chi connectivity index (χ0) is 25.0. The summed E-state index contributed by atoms with van der Waals surface area (Å²) in [4.78, 5) is 4.27. The molecule has 6 rings (SSSR count). The van der Waals surface area contributed by atoms with E-state index in [-0.39, 0.29) is 0 Å². The third kappa shape index (κ3) is 3.39. The minimum absolute atomic E-state index is 0.588. The standard InChI is InChI=1S/C27H20Cl2N6O/c1-16-25(17-4-3-5-21(29)12-17)22-13-19(8-11-23(22)35-26(16)31-32-33-35)27(36,24-14-30-15-34(24)2)18-6-9-20(28)10-7-18/h3-15,36H,1-2H3. The lowest BCUT2D eigenvalue weighted by Gasteiger charge is -2.30. The summed E-state index contributed by atoms with van der Waals surface area (Å²) in [6, 6.07) is 20.7. The predicted molar refractivity (Wildman–Crippen MR) is 140 cm³/mol. The molecule has 7 nitrogen and oxygen atoms in total. The minimum atomic E-state index is -1.50. The Balaban J connectivity index is 1.71. The lowest BCUT2D eigenvalue weighted by Crippen LogP contribution is -2.31. The highest BCUT2D eigenvalue weighted by Gasteiger charge is 2.37. The fraction of sp³-hybridized carbons (Fsp3) is 0.111. The quantitative estimate of drug-likeness (QED) is 0.332. The van der Waals surface area contributed by atoms with Gasteiger partial charge in [-0.05, 0) is 76.0 Å². The van der Waals surface area contributed by atoms with Crippen LogP contribution in [0.2, 0.25) is 10.0 Å². The van der Waals surface area contributed by atoms with Gasteiger partial charge < -0.3 is 9.67 Å². The molecule has 1 N–H and O–H groups in total. The average molecular weight is 515 g/mol. The Morgan fingerprint density at radius 1 is 0.917 bits per heavy atom. The number of hydrogen-bond donors (Lipinski definition) is 1. The van der Waals surface area contributed by atoms with Crippen molar-refractivity contribution in [2.45, 2.75) is 12.5 Å². The number of fused-ring (bicyclic) bond motifs is 3.